The molecule has 0 spiro atoms. The van der Waals surface area contributed by atoms with Crippen molar-refractivity contribution < 1.29 is 8.42 Å². The van der Waals surface area contributed by atoms with Crippen LogP contribution in [0.1, 0.15) is 29.7 Å². The Labute approximate surface area is 130 Å². The van der Waals surface area contributed by atoms with Gasteiger partial charge in [-0.25, -0.2) is 13.1 Å². The fourth-order valence-electron chi connectivity index (χ4n) is 2.15. The van der Waals surface area contributed by atoms with E-state index in [1.54, 1.807) is 11.3 Å². The van der Waals surface area contributed by atoms with Crippen molar-refractivity contribution in [2.75, 3.05) is 7.05 Å². The molecule has 6 heteroatoms. The maximum absolute atomic E-state index is 12.3. The maximum Gasteiger partial charge on any atom is 0.216 e. The molecule has 114 valence electrons. The second-order valence-electron chi connectivity index (χ2n) is 5.01. The third-order valence-electron chi connectivity index (χ3n) is 3.13. The molecule has 0 amide bonds. The van der Waals surface area contributed by atoms with Crippen molar-refractivity contribution in [3.05, 3.63) is 57.8 Å². The van der Waals surface area contributed by atoms with E-state index in [9.17, 15) is 8.42 Å². The minimum absolute atomic E-state index is 0.000961. The van der Waals surface area contributed by atoms with Gasteiger partial charge in [0.25, 0.3) is 0 Å². The summed E-state index contributed by atoms with van der Waals surface area (Å²) in [6.07, 6.45) is 0. The summed E-state index contributed by atoms with van der Waals surface area (Å²) in [4.78, 5) is 0. The highest BCUT2D eigenvalue weighted by molar-refractivity contribution is 7.88. The van der Waals surface area contributed by atoms with Crippen molar-refractivity contribution in [1.82, 2.24) is 10.0 Å². The van der Waals surface area contributed by atoms with Crippen molar-refractivity contribution in [1.29, 1.82) is 0 Å². The number of thiophene rings is 1. The van der Waals surface area contributed by atoms with Gasteiger partial charge in [-0.3, -0.25) is 0 Å². The maximum atomic E-state index is 12.3. The van der Waals surface area contributed by atoms with Crippen molar-refractivity contribution in [2.45, 2.75) is 25.3 Å². The van der Waals surface area contributed by atoms with E-state index in [0.29, 0.717) is 0 Å². The lowest BCUT2D eigenvalue weighted by Crippen LogP contribution is -2.27. The van der Waals surface area contributed by atoms with E-state index in [4.69, 9.17) is 0 Å². The molecule has 4 nitrogen and oxygen atoms in total. The molecule has 0 bridgehead atoms. The van der Waals surface area contributed by atoms with Gasteiger partial charge in [-0.15, -0.1) is 0 Å². The first-order valence-corrected chi connectivity index (χ1v) is 9.34. The molecule has 1 aromatic carbocycles. The first-order valence-electron chi connectivity index (χ1n) is 6.74. The molecule has 2 N–H and O–H groups in total. The van der Waals surface area contributed by atoms with Gasteiger partial charge < -0.3 is 5.32 Å². The molecule has 0 saturated heterocycles. The molecule has 0 aliphatic rings. The summed E-state index contributed by atoms with van der Waals surface area (Å²) in [6, 6.07) is 9.36. The molecule has 1 aromatic heterocycles. The van der Waals surface area contributed by atoms with Crippen LogP contribution in [0.15, 0.2) is 41.1 Å². The van der Waals surface area contributed by atoms with Gasteiger partial charge in [0, 0.05) is 12.6 Å². The van der Waals surface area contributed by atoms with Gasteiger partial charge in [-0.05, 0) is 47.5 Å². The van der Waals surface area contributed by atoms with Crippen molar-refractivity contribution >= 4 is 21.4 Å². The lowest BCUT2D eigenvalue weighted by atomic mass is 10.1. The molecule has 2 aromatic rings. The minimum atomic E-state index is -3.36. The van der Waals surface area contributed by atoms with E-state index in [1.165, 1.54) is 0 Å². The van der Waals surface area contributed by atoms with Gasteiger partial charge in [0.2, 0.25) is 10.0 Å². The Morgan fingerprint density at radius 3 is 2.67 bits per heavy atom. The summed E-state index contributed by atoms with van der Waals surface area (Å²) >= 11 is 1.56. The summed E-state index contributed by atoms with van der Waals surface area (Å²) in [5, 5.41) is 6.97. The molecular weight excluding hydrogens is 304 g/mol. The Balaban J connectivity index is 2.05. The molecule has 0 saturated carbocycles. The monoisotopic (exact) mass is 324 g/mol. The number of rotatable bonds is 7. The van der Waals surface area contributed by atoms with E-state index in [2.05, 4.69) is 10.0 Å². The van der Waals surface area contributed by atoms with Crippen LogP contribution >= 0.6 is 11.3 Å². The van der Waals surface area contributed by atoms with Crippen molar-refractivity contribution in [3.8, 4) is 0 Å². The Hall–Kier alpha value is -1.21. The highest BCUT2D eigenvalue weighted by Crippen LogP contribution is 2.17. The molecule has 21 heavy (non-hydrogen) atoms. The zero-order chi connectivity index (χ0) is 15.3. The number of hydrogen-bond donors (Lipinski definition) is 2. The lowest BCUT2D eigenvalue weighted by molar-refractivity contribution is 0.566. The van der Waals surface area contributed by atoms with E-state index in [1.807, 2.05) is 55.1 Å². The fraction of sp³-hybridized carbons (Fsp3) is 0.333. The highest BCUT2D eigenvalue weighted by Gasteiger charge is 2.16. The van der Waals surface area contributed by atoms with Crippen LogP contribution in [-0.2, 0) is 22.3 Å². The molecule has 0 aliphatic carbocycles. The molecule has 0 radical (unpaired) electrons. The molecule has 0 fully saturated rings. The number of sulfonamides is 1. The average Bonchev–Trinajstić information content (AvgIpc) is 2.92. The quantitative estimate of drug-likeness (QED) is 0.823. The Morgan fingerprint density at radius 2 is 2.00 bits per heavy atom. The number of hydrogen-bond acceptors (Lipinski definition) is 4. The summed E-state index contributed by atoms with van der Waals surface area (Å²) < 4.78 is 27.2. The van der Waals surface area contributed by atoms with Crippen LogP contribution in [0.25, 0.3) is 0 Å². The van der Waals surface area contributed by atoms with Crippen molar-refractivity contribution in [2.24, 2.45) is 0 Å². The van der Waals surface area contributed by atoms with Crippen LogP contribution in [0.2, 0.25) is 0 Å². The molecular formula is C15H20N2O2S2. The number of nitrogens with one attached hydrogen (secondary N) is 2. The Morgan fingerprint density at radius 1 is 1.24 bits per heavy atom. The molecule has 2 rings (SSSR count). The third-order valence-corrected chi connectivity index (χ3v) is 5.26. The van der Waals surface area contributed by atoms with E-state index in [-0.39, 0.29) is 11.8 Å². The van der Waals surface area contributed by atoms with Gasteiger partial charge in [0.1, 0.15) is 0 Å². The second-order valence-corrected chi connectivity index (χ2v) is 7.54. The average molecular weight is 324 g/mol. The molecule has 1 atom stereocenters. The van der Waals surface area contributed by atoms with Crippen LogP contribution < -0.4 is 10.0 Å². The minimum Gasteiger partial charge on any atom is -0.316 e. The SMILES string of the molecule is CNCc1cccc(CS(=O)(=O)NC(C)c2ccsc2)c1. The first-order chi connectivity index (χ1) is 10.00. The summed E-state index contributed by atoms with van der Waals surface area (Å²) in [6.45, 7) is 2.59. The molecule has 1 heterocycles. The fourth-order valence-corrected chi connectivity index (χ4v) is 4.28. The van der Waals surface area contributed by atoms with Gasteiger partial charge in [-0.1, -0.05) is 24.3 Å². The van der Waals surface area contributed by atoms with Crippen LogP contribution in [0, 0.1) is 0 Å². The predicted molar refractivity (Wildman–Crippen MR) is 87.7 cm³/mol. The Kier molecular flexibility index (Phi) is 5.52. The predicted octanol–water partition coefficient (Wildman–Crippen LogP) is 2.65. The Bertz CT molecular complexity index is 667. The third kappa shape index (κ3) is 4.93. The van der Waals surface area contributed by atoms with Crippen molar-refractivity contribution in [3.63, 3.8) is 0 Å². The number of benzene rings is 1. The highest BCUT2D eigenvalue weighted by atomic mass is 32.2. The summed E-state index contributed by atoms with van der Waals surface area (Å²) in [5.41, 5.74) is 2.87. The standard InChI is InChI=1S/C15H20N2O2S2/c1-12(15-6-7-20-10-15)17-21(18,19)11-14-5-3-4-13(8-14)9-16-2/h3-8,10,12,16-17H,9,11H2,1-2H3. The normalized spacial score (nSPS) is 13.2. The second kappa shape index (κ2) is 7.17. The van der Waals surface area contributed by atoms with Gasteiger partial charge in [0.05, 0.1) is 5.75 Å². The van der Waals surface area contributed by atoms with E-state index >= 15 is 0 Å². The lowest BCUT2D eigenvalue weighted by Gasteiger charge is -2.13. The topological polar surface area (TPSA) is 58.2 Å². The largest absolute Gasteiger partial charge is 0.316 e. The van der Waals surface area contributed by atoms with Gasteiger partial charge in [-0.2, -0.15) is 11.3 Å². The molecule has 0 aliphatic heterocycles. The van der Waals surface area contributed by atoms with Crippen LogP contribution in [0.5, 0.6) is 0 Å². The van der Waals surface area contributed by atoms with Gasteiger partial charge >= 0.3 is 0 Å². The first kappa shape index (κ1) is 16.2. The van der Waals surface area contributed by atoms with Crippen LogP contribution in [-0.4, -0.2) is 15.5 Å². The van der Waals surface area contributed by atoms with Gasteiger partial charge in [0.15, 0.2) is 0 Å². The van der Waals surface area contributed by atoms with E-state index < -0.39 is 10.0 Å². The van der Waals surface area contributed by atoms with E-state index in [0.717, 1.165) is 23.2 Å². The zero-order valence-corrected chi connectivity index (χ0v) is 13.8. The summed E-state index contributed by atoms with van der Waals surface area (Å²) in [7, 11) is -1.49. The zero-order valence-electron chi connectivity index (χ0n) is 12.2. The smallest absolute Gasteiger partial charge is 0.216 e. The van der Waals surface area contributed by atoms with Crippen LogP contribution in [0.4, 0.5) is 0 Å². The summed E-state index contributed by atoms with van der Waals surface area (Å²) in [5.74, 6) is -0.000961. The molecule has 1 unspecified atom stereocenters. The van der Waals surface area contributed by atoms with Crippen LogP contribution in [0.3, 0.4) is 0 Å².